The molecule has 0 spiro atoms. The SMILES string of the molecule is CC1NCCCC1NC(=O)CCc1nc2cc(Br)ccc2s1. The molecule has 2 N–H and O–H groups in total. The van der Waals surface area contributed by atoms with Crippen LogP contribution in [0.5, 0.6) is 0 Å². The van der Waals surface area contributed by atoms with Gasteiger partial charge in [-0.05, 0) is 44.5 Å². The molecule has 118 valence electrons. The van der Waals surface area contributed by atoms with E-state index in [4.69, 9.17) is 0 Å². The number of rotatable bonds is 4. The standard InChI is InChI=1S/C16H20BrN3OS/c1-10-12(3-2-8-18-10)19-15(21)6-7-16-20-13-9-11(17)4-5-14(13)22-16/h4-5,9-10,12,18H,2-3,6-8H2,1H3,(H,19,21). The third kappa shape index (κ3) is 3.86. The van der Waals surface area contributed by atoms with Gasteiger partial charge in [0.2, 0.25) is 5.91 Å². The first kappa shape index (κ1) is 15.9. The lowest BCUT2D eigenvalue weighted by Crippen LogP contribution is -2.51. The Morgan fingerprint density at radius 2 is 2.41 bits per heavy atom. The van der Waals surface area contributed by atoms with Crippen LogP contribution in [0.15, 0.2) is 22.7 Å². The summed E-state index contributed by atoms with van der Waals surface area (Å²) < 4.78 is 2.21. The van der Waals surface area contributed by atoms with Crippen LogP contribution in [0.3, 0.4) is 0 Å². The quantitative estimate of drug-likeness (QED) is 0.854. The van der Waals surface area contributed by atoms with Crippen molar-refractivity contribution in [3.05, 3.63) is 27.7 Å². The van der Waals surface area contributed by atoms with Crippen LogP contribution in [-0.2, 0) is 11.2 Å². The van der Waals surface area contributed by atoms with Crippen molar-refractivity contribution in [3.63, 3.8) is 0 Å². The van der Waals surface area contributed by atoms with Crippen LogP contribution in [0.25, 0.3) is 10.2 Å². The number of benzene rings is 1. The second-order valence-corrected chi connectivity index (χ2v) is 7.81. The molecule has 1 amide bonds. The predicted octanol–water partition coefficient (Wildman–Crippen LogP) is 3.25. The van der Waals surface area contributed by atoms with Crippen LogP contribution >= 0.6 is 27.3 Å². The Labute approximate surface area is 142 Å². The Morgan fingerprint density at radius 3 is 3.23 bits per heavy atom. The molecule has 2 unspecified atom stereocenters. The molecule has 1 fully saturated rings. The molecule has 0 aliphatic carbocycles. The average Bonchev–Trinajstić information content (AvgIpc) is 2.89. The highest BCUT2D eigenvalue weighted by molar-refractivity contribution is 9.10. The van der Waals surface area contributed by atoms with Crippen LogP contribution in [0.1, 0.15) is 31.2 Å². The van der Waals surface area contributed by atoms with Gasteiger partial charge in [-0.3, -0.25) is 4.79 Å². The van der Waals surface area contributed by atoms with E-state index in [1.807, 2.05) is 12.1 Å². The number of nitrogens with zero attached hydrogens (tertiary/aromatic N) is 1. The Morgan fingerprint density at radius 1 is 1.55 bits per heavy atom. The Kier molecular flexibility index (Phi) is 5.10. The molecule has 1 aromatic heterocycles. The van der Waals surface area contributed by atoms with Gasteiger partial charge in [-0.25, -0.2) is 4.98 Å². The number of aromatic nitrogens is 1. The Hall–Kier alpha value is -0.980. The van der Waals surface area contributed by atoms with Gasteiger partial charge in [-0.15, -0.1) is 11.3 Å². The zero-order valence-electron chi connectivity index (χ0n) is 12.6. The number of aryl methyl sites for hydroxylation is 1. The average molecular weight is 382 g/mol. The number of amides is 1. The monoisotopic (exact) mass is 381 g/mol. The van der Waals surface area contributed by atoms with Gasteiger partial charge in [0.25, 0.3) is 0 Å². The number of carbonyl (C=O) groups excluding carboxylic acids is 1. The molecule has 2 aromatic rings. The second-order valence-electron chi connectivity index (χ2n) is 5.78. The minimum Gasteiger partial charge on any atom is -0.352 e. The van der Waals surface area contributed by atoms with E-state index in [1.165, 1.54) is 4.70 Å². The van der Waals surface area contributed by atoms with Gasteiger partial charge in [0, 0.05) is 29.4 Å². The number of thiazole rings is 1. The summed E-state index contributed by atoms with van der Waals surface area (Å²) in [5.41, 5.74) is 1.000. The lowest BCUT2D eigenvalue weighted by atomic mass is 10.00. The Balaban J connectivity index is 1.55. The van der Waals surface area contributed by atoms with E-state index in [-0.39, 0.29) is 11.9 Å². The normalized spacial score (nSPS) is 21.9. The van der Waals surface area contributed by atoms with E-state index >= 15 is 0 Å². The van der Waals surface area contributed by atoms with Crippen LogP contribution in [0, 0.1) is 0 Å². The minimum absolute atomic E-state index is 0.126. The highest BCUT2D eigenvalue weighted by Crippen LogP contribution is 2.25. The lowest BCUT2D eigenvalue weighted by molar-refractivity contribution is -0.122. The summed E-state index contributed by atoms with van der Waals surface area (Å²) in [5, 5.41) is 7.58. The molecule has 3 rings (SSSR count). The number of hydrogen-bond acceptors (Lipinski definition) is 4. The number of piperidine rings is 1. The summed E-state index contributed by atoms with van der Waals surface area (Å²) in [5.74, 6) is 0.126. The lowest BCUT2D eigenvalue weighted by Gasteiger charge is -2.30. The van der Waals surface area contributed by atoms with Gasteiger partial charge in [0.05, 0.1) is 15.2 Å². The maximum absolute atomic E-state index is 12.1. The van der Waals surface area contributed by atoms with Gasteiger partial charge in [-0.1, -0.05) is 15.9 Å². The first-order chi connectivity index (χ1) is 10.6. The molecular weight excluding hydrogens is 362 g/mol. The first-order valence-electron chi connectivity index (χ1n) is 7.69. The summed E-state index contributed by atoms with van der Waals surface area (Å²) in [6.07, 6.45) is 3.40. The summed E-state index contributed by atoms with van der Waals surface area (Å²) in [7, 11) is 0. The fourth-order valence-corrected chi connectivity index (χ4v) is 4.09. The number of halogens is 1. The molecular formula is C16H20BrN3OS. The van der Waals surface area contributed by atoms with Crippen molar-refractivity contribution in [2.24, 2.45) is 0 Å². The molecule has 1 aromatic carbocycles. The molecule has 6 heteroatoms. The van der Waals surface area contributed by atoms with E-state index in [2.05, 4.69) is 44.5 Å². The molecule has 1 aliphatic rings. The fraction of sp³-hybridized carbons (Fsp3) is 0.500. The van der Waals surface area contributed by atoms with Gasteiger partial charge in [0.15, 0.2) is 0 Å². The van der Waals surface area contributed by atoms with Gasteiger partial charge in [0.1, 0.15) is 0 Å². The van der Waals surface area contributed by atoms with E-state index in [1.54, 1.807) is 11.3 Å². The topological polar surface area (TPSA) is 54.0 Å². The fourth-order valence-electron chi connectivity index (χ4n) is 2.80. The number of nitrogens with one attached hydrogen (secondary N) is 2. The van der Waals surface area contributed by atoms with Crippen LogP contribution in [-0.4, -0.2) is 29.5 Å². The summed E-state index contributed by atoms with van der Waals surface area (Å²) >= 11 is 5.13. The van der Waals surface area contributed by atoms with Crippen molar-refractivity contribution in [2.45, 2.75) is 44.7 Å². The van der Waals surface area contributed by atoms with E-state index < -0.39 is 0 Å². The highest BCUT2D eigenvalue weighted by Gasteiger charge is 2.22. The zero-order valence-corrected chi connectivity index (χ0v) is 15.0. The van der Waals surface area contributed by atoms with Crippen molar-refractivity contribution in [2.75, 3.05) is 6.54 Å². The van der Waals surface area contributed by atoms with Gasteiger partial charge in [-0.2, -0.15) is 0 Å². The third-order valence-electron chi connectivity index (χ3n) is 4.07. The third-order valence-corrected chi connectivity index (χ3v) is 5.66. The maximum atomic E-state index is 12.1. The number of hydrogen-bond donors (Lipinski definition) is 2. The maximum Gasteiger partial charge on any atom is 0.220 e. The molecule has 22 heavy (non-hydrogen) atoms. The van der Waals surface area contributed by atoms with Crippen molar-refractivity contribution >= 4 is 43.4 Å². The highest BCUT2D eigenvalue weighted by atomic mass is 79.9. The number of fused-ring (bicyclic) bond motifs is 1. The molecule has 2 heterocycles. The summed E-state index contributed by atoms with van der Waals surface area (Å²) in [4.78, 5) is 16.7. The van der Waals surface area contributed by atoms with Crippen LogP contribution < -0.4 is 10.6 Å². The second kappa shape index (κ2) is 7.06. The van der Waals surface area contributed by atoms with E-state index in [9.17, 15) is 4.79 Å². The minimum atomic E-state index is 0.126. The van der Waals surface area contributed by atoms with Crippen LogP contribution in [0.2, 0.25) is 0 Å². The van der Waals surface area contributed by atoms with Crippen molar-refractivity contribution in [1.82, 2.24) is 15.6 Å². The smallest absolute Gasteiger partial charge is 0.220 e. The van der Waals surface area contributed by atoms with Crippen molar-refractivity contribution in [3.8, 4) is 0 Å². The molecule has 0 saturated carbocycles. The van der Waals surface area contributed by atoms with Crippen molar-refractivity contribution in [1.29, 1.82) is 0 Å². The zero-order chi connectivity index (χ0) is 15.5. The van der Waals surface area contributed by atoms with Gasteiger partial charge >= 0.3 is 0 Å². The molecule has 0 bridgehead atoms. The molecule has 1 aliphatic heterocycles. The van der Waals surface area contributed by atoms with Crippen LogP contribution in [0.4, 0.5) is 0 Å². The first-order valence-corrected chi connectivity index (χ1v) is 9.30. The van der Waals surface area contributed by atoms with Crippen molar-refractivity contribution < 1.29 is 4.79 Å². The molecule has 2 atom stereocenters. The van der Waals surface area contributed by atoms with E-state index in [0.29, 0.717) is 18.9 Å². The van der Waals surface area contributed by atoms with E-state index in [0.717, 1.165) is 34.4 Å². The molecule has 1 saturated heterocycles. The summed E-state index contributed by atoms with van der Waals surface area (Å²) in [6.45, 7) is 3.18. The molecule has 4 nitrogen and oxygen atoms in total. The van der Waals surface area contributed by atoms with Gasteiger partial charge < -0.3 is 10.6 Å². The summed E-state index contributed by atoms with van der Waals surface area (Å²) in [6, 6.07) is 6.72. The predicted molar refractivity (Wildman–Crippen MR) is 94.3 cm³/mol. The number of carbonyl (C=O) groups is 1. The largest absolute Gasteiger partial charge is 0.352 e. The molecule has 0 radical (unpaired) electrons. The Bertz CT molecular complexity index is 672.